The highest BCUT2D eigenvalue weighted by Crippen LogP contribution is 2.29. The molecule has 3 nitrogen and oxygen atoms in total. The summed E-state index contributed by atoms with van der Waals surface area (Å²) in [5.41, 5.74) is 6.68. The van der Waals surface area contributed by atoms with Gasteiger partial charge in [-0.15, -0.1) is 0 Å². The number of benzene rings is 1. The molecule has 0 saturated carbocycles. The van der Waals surface area contributed by atoms with Crippen LogP contribution in [0.3, 0.4) is 0 Å². The molecule has 0 spiro atoms. The lowest BCUT2D eigenvalue weighted by atomic mass is 10.1. The fourth-order valence-corrected chi connectivity index (χ4v) is 1.77. The molecule has 0 bridgehead atoms. The fraction of sp³-hybridized carbons (Fsp3) is 0.267. The van der Waals surface area contributed by atoms with Crippen molar-refractivity contribution in [3.63, 3.8) is 0 Å². The van der Waals surface area contributed by atoms with Gasteiger partial charge in [-0.1, -0.05) is 13.3 Å². The molecule has 0 saturated heterocycles. The van der Waals surface area contributed by atoms with E-state index < -0.39 is 11.6 Å². The van der Waals surface area contributed by atoms with E-state index in [9.17, 15) is 8.78 Å². The Balaban J connectivity index is 2.23. The Labute approximate surface area is 116 Å². The maximum Gasteiger partial charge on any atom is 0.169 e. The van der Waals surface area contributed by atoms with E-state index in [-0.39, 0.29) is 17.3 Å². The summed E-state index contributed by atoms with van der Waals surface area (Å²) in [5, 5.41) is 0. The molecule has 1 aromatic carbocycles. The van der Waals surface area contributed by atoms with Gasteiger partial charge in [0.15, 0.2) is 23.1 Å². The van der Waals surface area contributed by atoms with Gasteiger partial charge in [-0.25, -0.2) is 13.8 Å². The highest BCUT2D eigenvalue weighted by Gasteiger charge is 2.10. The molecule has 0 aliphatic carbocycles. The normalized spacial score (nSPS) is 10.6. The van der Waals surface area contributed by atoms with E-state index in [1.807, 2.05) is 0 Å². The first kappa shape index (κ1) is 14.2. The van der Waals surface area contributed by atoms with Crippen LogP contribution in [0.2, 0.25) is 0 Å². The van der Waals surface area contributed by atoms with E-state index in [0.29, 0.717) is 0 Å². The number of ether oxygens (including phenoxy) is 1. The summed E-state index contributed by atoms with van der Waals surface area (Å²) in [6.07, 6.45) is 4.62. The Hall–Kier alpha value is -2.17. The summed E-state index contributed by atoms with van der Waals surface area (Å²) in [7, 11) is 0. The molecule has 1 aromatic heterocycles. The molecule has 0 fully saturated rings. The van der Waals surface area contributed by atoms with Gasteiger partial charge in [-0.3, -0.25) is 0 Å². The second-order valence-electron chi connectivity index (χ2n) is 4.51. The molecule has 0 amide bonds. The van der Waals surface area contributed by atoms with Gasteiger partial charge in [-0.05, 0) is 36.6 Å². The Morgan fingerprint density at radius 2 is 2.00 bits per heavy atom. The van der Waals surface area contributed by atoms with Crippen molar-refractivity contribution in [2.45, 2.75) is 26.2 Å². The number of rotatable bonds is 5. The topological polar surface area (TPSA) is 48.1 Å². The number of hydrogen-bond acceptors (Lipinski definition) is 3. The van der Waals surface area contributed by atoms with Crippen molar-refractivity contribution in [1.82, 2.24) is 4.98 Å². The molecule has 1 heterocycles. The monoisotopic (exact) mass is 278 g/mol. The fourth-order valence-electron chi connectivity index (χ4n) is 1.77. The van der Waals surface area contributed by atoms with E-state index in [2.05, 4.69) is 11.9 Å². The van der Waals surface area contributed by atoms with E-state index in [4.69, 9.17) is 10.5 Å². The summed E-state index contributed by atoms with van der Waals surface area (Å²) in [5.74, 6) is -1.05. The maximum atomic E-state index is 13.5. The number of hydrogen-bond donors (Lipinski definition) is 1. The zero-order chi connectivity index (χ0) is 14.5. The number of nitrogens with zero attached hydrogens (tertiary/aromatic N) is 1. The van der Waals surface area contributed by atoms with Gasteiger partial charge in [0.25, 0.3) is 0 Å². The molecule has 0 radical (unpaired) electrons. The number of aryl methyl sites for hydroxylation is 1. The highest BCUT2D eigenvalue weighted by atomic mass is 19.1. The number of unbranched alkanes of at least 4 members (excludes halogenated alkanes) is 1. The molecule has 0 unspecified atom stereocenters. The van der Waals surface area contributed by atoms with Crippen molar-refractivity contribution < 1.29 is 13.5 Å². The van der Waals surface area contributed by atoms with Crippen LogP contribution in [-0.2, 0) is 6.42 Å². The molecule has 2 rings (SSSR count). The first-order valence-corrected chi connectivity index (χ1v) is 6.47. The minimum absolute atomic E-state index is 0.0764. The van der Waals surface area contributed by atoms with Crippen molar-refractivity contribution in [2.24, 2.45) is 0 Å². The minimum atomic E-state index is -0.775. The summed E-state index contributed by atoms with van der Waals surface area (Å²) in [4.78, 5) is 4.03. The Bertz CT molecular complexity index is 602. The van der Waals surface area contributed by atoms with Gasteiger partial charge in [0.05, 0.1) is 0 Å². The molecule has 0 atom stereocenters. The molecular formula is C15H16F2N2O. The van der Waals surface area contributed by atoms with Crippen LogP contribution in [0.1, 0.15) is 25.3 Å². The predicted molar refractivity (Wildman–Crippen MR) is 73.7 cm³/mol. The lowest BCUT2D eigenvalue weighted by Crippen LogP contribution is -1.99. The zero-order valence-electron chi connectivity index (χ0n) is 11.2. The summed E-state index contributed by atoms with van der Waals surface area (Å²) < 4.78 is 31.8. The summed E-state index contributed by atoms with van der Waals surface area (Å²) in [6.45, 7) is 2.09. The smallest absolute Gasteiger partial charge is 0.169 e. The molecule has 0 aliphatic rings. The average molecular weight is 278 g/mol. The number of nitrogens with two attached hydrogens (primary N) is 1. The zero-order valence-corrected chi connectivity index (χ0v) is 11.2. The lowest BCUT2D eigenvalue weighted by molar-refractivity contribution is 0.437. The second kappa shape index (κ2) is 6.32. The van der Waals surface area contributed by atoms with Crippen molar-refractivity contribution in [3.8, 4) is 11.5 Å². The third-order valence-corrected chi connectivity index (χ3v) is 2.87. The van der Waals surface area contributed by atoms with Gasteiger partial charge in [0.2, 0.25) is 0 Å². The van der Waals surface area contributed by atoms with Crippen LogP contribution in [-0.4, -0.2) is 4.98 Å². The van der Waals surface area contributed by atoms with Gasteiger partial charge < -0.3 is 10.5 Å². The van der Waals surface area contributed by atoms with Crippen LogP contribution in [0.15, 0.2) is 30.5 Å². The quantitative estimate of drug-likeness (QED) is 0.896. The predicted octanol–water partition coefficient (Wildman–Crippen LogP) is 4.08. The molecular weight excluding hydrogens is 262 g/mol. The summed E-state index contributed by atoms with van der Waals surface area (Å²) in [6, 6.07) is 4.85. The van der Waals surface area contributed by atoms with Crippen molar-refractivity contribution in [1.29, 1.82) is 0 Å². The second-order valence-corrected chi connectivity index (χ2v) is 4.51. The van der Waals surface area contributed by atoms with E-state index in [1.165, 1.54) is 6.07 Å². The first-order valence-electron chi connectivity index (χ1n) is 6.47. The van der Waals surface area contributed by atoms with Crippen molar-refractivity contribution in [2.75, 3.05) is 5.73 Å². The highest BCUT2D eigenvalue weighted by molar-refractivity contribution is 5.49. The van der Waals surface area contributed by atoms with Crippen LogP contribution in [0.4, 0.5) is 14.6 Å². The Morgan fingerprint density at radius 1 is 1.20 bits per heavy atom. The molecule has 0 aliphatic heterocycles. The number of anilines is 1. The molecule has 20 heavy (non-hydrogen) atoms. The number of nitrogen functional groups attached to an aromatic ring is 1. The van der Waals surface area contributed by atoms with Crippen LogP contribution in [0.25, 0.3) is 0 Å². The maximum absolute atomic E-state index is 13.5. The average Bonchev–Trinajstić information content (AvgIpc) is 2.42. The standard InChI is InChI=1S/C15H16F2N2O/c1-2-3-4-10-7-14(15(18)19-9-10)20-13-6-5-11(16)8-12(13)17/h5-9H,2-4H2,1H3,(H2,18,19). The van der Waals surface area contributed by atoms with Crippen LogP contribution >= 0.6 is 0 Å². The van der Waals surface area contributed by atoms with Gasteiger partial charge in [0.1, 0.15) is 5.82 Å². The largest absolute Gasteiger partial charge is 0.450 e. The lowest BCUT2D eigenvalue weighted by Gasteiger charge is -2.10. The van der Waals surface area contributed by atoms with E-state index in [1.54, 1.807) is 12.3 Å². The minimum Gasteiger partial charge on any atom is -0.450 e. The molecule has 2 aromatic rings. The Morgan fingerprint density at radius 3 is 2.70 bits per heavy atom. The molecule has 5 heteroatoms. The first-order chi connectivity index (χ1) is 9.60. The Kier molecular flexibility index (Phi) is 4.50. The third-order valence-electron chi connectivity index (χ3n) is 2.87. The number of halogens is 2. The molecule has 2 N–H and O–H groups in total. The van der Waals surface area contributed by atoms with Crippen LogP contribution in [0.5, 0.6) is 11.5 Å². The number of aromatic nitrogens is 1. The van der Waals surface area contributed by atoms with Gasteiger partial charge in [-0.2, -0.15) is 0 Å². The van der Waals surface area contributed by atoms with E-state index >= 15 is 0 Å². The van der Waals surface area contributed by atoms with Gasteiger partial charge in [0, 0.05) is 12.3 Å². The van der Waals surface area contributed by atoms with E-state index in [0.717, 1.165) is 37.0 Å². The summed E-state index contributed by atoms with van der Waals surface area (Å²) >= 11 is 0. The van der Waals surface area contributed by atoms with Crippen LogP contribution in [0, 0.1) is 11.6 Å². The molecule has 106 valence electrons. The number of pyridine rings is 1. The van der Waals surface area contributed by atoms with Gasteiger partial charge >= 0.3 is 0 Å². The van der Waals surface area contributed by atoms with Crippen molar-refractivity contribution in [3.05, 3.63) is 47.7 Å². The SMILES string of the molecule is CCCCc1cnc(N)c(Oc2ccc(F)cc2F)c1. The van der Waals surface area contributed by atoms with Crippen molar-refractivity contribution >= 4 is 5.82 Å². The third kappa shape index (κ3) is 3.44. The van der Waals surface area contributed by atoms with Crippen LogP contribution < -0.4 is 10.5 Å².